The minimum absolute atomic E-state index is 0.0769. The summed E-state index contributed by atoms with van der Waals surface area (Å²) < 4.78 is 0. The molecule has 1 rings (SSSR count). The maximum absolute atomic E-state index is 9.72. The van der Waals surface area contributed by atoms with Crippen LogP contribution in [0.2, 0.25) is 0 Å². The Morgan fingerprint density at radius 3 is 2.94 bits per heavy atom. The number of thiazole rings is 1. The lowest BCUT2D eigenvalue weighted by molar-refractivity contribution is 0.300. The molecule has 0 amide bonds. The molecular weight excluding hydrogens is 254 g/mol. The Bertz CT molecular complexity index is 382. The summed E-state index contributed by atoms with van der Waals surface area (Å²) in [5, 5.41) is 21.3. The predicted molar refractivity (Wildman–Crippen MR) is 71.9 cm³/mol. The first-order chi connectivity index (χ1) is 8.69. The van der Waals surface area contributed by atoms with Crippen LogP contribution < -0.4 is 16.5 Å². The number of aromatic nitrogens is 1. The number of nitrogens with two attached hydrogens (primary N) is 2. The monoisotopic (exact) mass is 273 g/mol. The van der Waals surface area contributed by atoms with Crippen molar-refractivity contribution in [3.05, 3.63) is 11.1 Å². The number of aliphatic hydroxyl groups is 1. The average molecular weight is 273 g/mol. The highest BCUT2D eigenvalue weighted by atomic mass is 32.1. The Balaban J connectivity index is 2.56. The van der Waals surface area contributed by atoms with Crippen LogP contribution in [0.3, 0.4) is 0 Å². The molecule has 0 aromatic carbocycles. The zero-order valence-electron chi connectivity index (χ0n) is 10.1. The third kappa shape index (κ3) is 4.57. The fraction of sp³-hybridized carbons (Fsp3) is 0.600. The summed E-state index contributed by atoms with van der Waals surface area (Å²) in [6.07, 6.45) is 2.75. The topological polar surface area (TPSA) is 121 Å². The predicted octanol–water partition coefficient (Wildman–Crippen LogP) is -0.0729. The molecule has 0 atom stereocenters. The summed E-state index contributed by atoms with van der Waals surface area (Å²) in [5.41, 5.74) is 11.8. The van der Waals surface area contributed by atoms with Crippen LogP contribution in [0, 0.1) is 0 Å². The summed E-state index contributed by atoms with van der Waals surface area (Å²) in [6, 6.07) is 0. The number of anilines is 1. The van der Waals surface area contributed by atoms with Gasteiger partial charge in [-0.05, 0) is 25.8 Å². The zero-order chi connectivity index (χ0) is 13.4. The minimum atomic E-state index is -0.114. The normalized spacial score (nSPS) is 11.8. The summed E-state index contributed by atoms with van der Waals surface area (Å²) in [5.74, 6) is -0.0769. The summed E-state index contributed by atoms with van der Waals surface area (Å²) in [7, 11) is 0. The summed E-state index contributed by atoms with van der Waals surface area (Å²) >= 11 is 1.29. The first-order valence-electron chi connectivity index (χ1n) is 5.73. The van der Waals surface area contributed by atoms with Gasteiger partial charge in [0.25, 0.3) is 0 Å². The molecule has 0 aliphatic rings. The molecule has 0 unspecified atom stereocenters. The van der Waals surface area contributed by atoms with E-state index in [9.17, 15) is 5.21 Å². The molecule has 6 N–H and O–H groups in total. The average Bonchev–Trinajstić information content (AvgIpc) is 2.84. The highest BCUT2D eigenvalue weighted by Crippen LogP contribution is 2.20. The molecule has 0 saturated carbocycles. The van der Waals surface area contributed by atoms with Crippen molar-refractivity contribution in [1.29, 1.82) is 0 Å². The number of nitrogens with zero attached hydrogens (tertiary/aromatic N) is 3. The lowest BCUT2D eigenvalue weighted by Crippen LogP contribution is -2.34. The van der Waals surface area contributed by atoms with Gasteiger partial charge >= 0.3 is 0 Å². The van der Waals surface area contributed by atoms with E-state index in [1.165, 1.54) is 11.3 Å². The number of aliphatic imine (C=N–C) groups is 1. The summed E-state index contributed by atoms with van der Waals surface area (Å²) in [6.45, 7) is 0.707. The SMILES string of the molecule is NCCCCc1csc(N(O)C(N)=NCCO)n1. The number of aliphatic hydroxyl groups excluding tert-OH is 1. The van der Waals surface area contributed by atoms with E-state index in [0.717, 1.165) is 30.0 Å². The molecule has 0 spiro atoms. The summed E-state index contributed by atoms with van der Waals surface area (Å²) in [4.78, 5) is 8.02. The highest BCUT2D eigenvalue weighted by Gasteiger charge is 2.12. The maximum Gasteiger partial charge on any atom is 0.222 e. The van der Waals surface area contributed by atoms with Crippen molar-refractivity contribution < 1.29 is 10.3 Å². The number of guanidine groups is 1. The van der Waals surface area contributed by atoms with Crippen molar-refractivity contribution in [2.75, 3.05) is 24.8 Å². The number of unbranched alkanes of at least 4 members (excludes halogenated alkanes) is 1. The van der Waals surface area contributed by atoms with Crippen LogP contribution in [-0.2, 0) is 6.42 Å². The molecule has 1 heterocycles. The Hall–Kier alpha value is -1.22. The van der Waals surface area contributed by atoms with Gasteiger partial charge < -0.3 is 16.6 Å². The molecule has 102 valence electrons. The van der Waals surface area contributed by atoms with Crippen LogP contribution >= 0.6 is 11.3 Å². The zero-order valence-corrected chi connectivity index (χ0v) is 10.9. The largest absolute Gasteiger partial charge is 0.394 e. The van der Waals surface area contributed by atoms with Crippen LogP contribution in [0.1, 0.15) is 18.5 Å². The van der Waals surface area contributed by atoms with E-state index < -0.39 is 0 Å². The van der Waals surface area contributed by atoms with Gasteiger partial charge in [-0.15, -0.1) is 11.3 Å². The molecule has 0 saturated heterocycles. The smallest absolute Gasteiger partial charge is 0.222 e. The van der Waals surface area contributed by atoms with Gasteiger partial charge in [-0.25, -0.2) is 9.98 Å². The van der Waals surface area contributed by atoms with E-state index in [2.05, 4.69) is 9.98 Å². The van der Waals surface area contributed by atoms with Gasteiger partial charge in [-0.1, -0.05) is 0 Å². The Kier molecular flexibility index (Phi) is 6.58. The molecule has 0 bridgehead atoms. The van der Waals surface area contributed by atoms with Crippen molar-refractivity contribution in [2.45, 2.75) is 19.3 Å². The van der Waals surface area contributed by atoms with E-state index in [0.29, 0.717) is 11.7 Å². The number of hydroxylamine groups is 1. The van der Waals surface area contributed by atoms with Gasteiger partial charge in [0, 0.05) is 5.38 Å². The quantitative estimate of drug-likeness (QED) is 0.239. The molecule has 18 heavy (non-hydrogen) atoms. The second kappa shape index (κ2) is 7.98. The Labute approximate surface area is 110 Å². The van der Waals surface area contributed by atoms with Gasteiger partial charge in [-0.3, -0.25) is 5.21 Å². The van der Waals surface area contributed by atoms with Crippen LogP contribution in [0.25, 0.3) is 0 Å². The first kappa shape index (κ1) is 14.8. The molecule has 1 aromatic heterocycles. The van der Waals surface area contributed by atoms with Crippen LogP contribution in [0.15, 0.2) is 10.4 Å². The van der Waals surface area contributed by atoms with Crippen LogP contribution in [0.5, 0.6) is 0 Å². The second-order valence-corrected chi connectivity index (χ2v) is 4.48. The number of hydrogen-bond donors (Lipinski definition) is 4. The van der Waals surface area contributed by atoms with E-state index in [4.69, 9.17) is 16.6 Å². The molecule has 1 aromatic rings. The maximum atomic E-state index is 9.72. The molecule has 0 aliphatic heterocycles. The van der Waals surface area contributed by atoms with Gasteiger partial charge in [0.15, 0.2) is 0 Å². The third-order valence-corrected chi connectivity index (χ3v) is 3.06. The lowest BCUT2D eigenvalue weighted by atomic mass is 10.2. The molecule has 0 aliphatic carbocycles. The first-order valence-corrected chi connectivity index (χ1v) is 6.61. The van der Waals surface area contributed by atoms with Crippen molar-refractivity contribution in [1.82, 2.24) is 4.98 Å². The van der Waals surface area contributed by atoms with Crippen LogP contribution in [-0.4, -0.2) is 41.0 Å². The molecule has 7 nitrogen and oxygen atoms in total. The third-order valence-electron chi connectivity index (χ3n) is 2.20. The van der Waals surface area contributed by atoms with Gasteiger partial charge in [0.2, 0.25) is 11.1 Å². The Morgan fingerprint density at radius 2 is 2.28 bits per heavy atom. The van der Waals surface area contributed by atoms with Crippen molar-refractivity contribution in [3.8, 4) is 0 Å². The van der Waals surface area contributed by atoms with Crippen molar-refractivity contribution >= 4 is 22.4 Å². The number of hydrogen-bond acceptors (Lipinski definition) is 6. The second-order valence-electron chi connectivity index (χ2n) is 3.64. The van der Waals surface area contributed by atoms with Gasteiger partial charge in [0.1, 0.15) is 0 Å². The van der Waals surface area contributed by atoms with Gasteiger partial charge in [-0.2, -0.15) is 5.06 Å². The van der Waals surface area contributed by atoms with Crippen LogP contribution in [0.4, 0.5) is 5.13 Å². The Morgan fingerprint density at radius 1 is 1.50 bits per heavy atom. The fourth-order valence-corrected chi connectivity index (χ4v) is 2.06. The molecule has 8 heteroatoms. The van der Waals surface area contributed by atoms with E-state index >= 15 is 0 Å². The molecule has 0 fully saturated rings. The number of rotatable bonds is 7. The minimum Gasteiger partial charge on any atom is -0.394 e. The number of aryl methyl sites for hydroxylation is 1. The lowest BCUT2D eigenvalue weighted by Gasteiger charge is -2.11. The molecule has 0 radical (unpaired) electrons. The fourth-order valence-electron chi connectivity index (χ4n) is 1.29. The van der Waals surface area contributed by atoms with E-state index in [1.807, 2.05) is 5.38 Å². The standard InChI is InChI=1S/C10H19N5O2S/c11-4-2-1-3-8-7-18-10(14-8)15(17)9(12)13-5-6-16/h7,16-17H,1-6,11H2,(H2,12,13). The highest BCUT2D eigenvalue weighted by molar-refractivity contribution is 7.13. The van der Waals surface area contributed by atoms with Gasteiger partial charge in [0.05, 0.1) is 18.8 Å². The molecular formula is C10H19N5O2S. The van der Waals surface area contributed by atoms with E-state index in [1.54, 1.807) is 0 Å². The van der Waals surface area contributed by atoms with Crippen molar-refractivity contribution in [2.24, 2.45) is 16.5 Å². The van der Waals surface area contributed by atoms with Crippen molar-refractivity contribution in [3.63, 3.8) is 0 Å². The van der Waals surface area contributed by atoms with E-state index in [-0.39, 0.29) is 19.1 Å².